The molecule has 0 aromatic heterocycles. The van der Waals surface area contributed by atoms with Crippen LogP contribution in [-0.2, 0) is 14.3 Å². The van der Waals surface area contributed by atoms with E-state index in [0.29, 0.717) is 0 Å². The van der Waals surface area contributed by atoms with Crippen LogP contribution in [0.2, 0.25) is 0 Å². The smallest absolute Gasteiger partial charge is 0.326 e. The maximum absolute atomic E-state index is 11.6. The molecule has 0 radical (unpaired) electrons. The van der Waals surface area contributed by atoms with Gasteiger partial charge in [-0.15, -0.1) is 11.8 Å². The molecule has 80 valence electrons. The molecule has 0 bridgehead atoms. The quantitative estimate of drug-likeness (QED) is 0.531. The number of hydrogen-bond donors (Lipinski definition) is 0. The second-order valence-electron chi connectivity index (χ2n) is 3.71. The van der Waals surface area contributed by atoms with Crippen molar-refractivity contribution in [1.82, 2.24) is 0 Å². The number of ether oxygens (including phenoxy) is 1. The van der Waals surface area contributed by atoms with E-state index in [1.54, 1.807) is 13.8 Å². The number of hydrogen-bond acceptors (Lipinski definition) is 4. The number of carbonyl (C=O) groups excluding carboxylic acids is 2. The zero-order chi connectivity index (χ0) is 10.7. The second-order valence-corrected chi connectivity index (χ2v) is 4.84. The van der Waals surface area contributed by atoms with E-state index < -0.39 is 5.25 Å². The third-order valence-electron chi connectivity index (χ3n) is 2.18. The standard InChI is InChI=1S/C10H16O3S/c1-4-7-5-14-9(8(7)11)10(12)13-6(2)3/h6-7,9H,4-5H2,1-3H3. The van der Waals surface area contributed by atoms with E-state index in [1.165, 1.54) is 11.8 Å². The lowest BCUT2D eigenvalue weighted by Gasteiger charge is -2.11. The highest BCUT2D eigenvalue weighted by Gasteiger charge is 2.39. The first-order valence-corrected chi connectivity index (χ1v) is 5.97. The van der Waals surface area contributed by atoms with Crippen molar-refractivity contribution in [2.24, 2.45) is 5.92 Å². The summed E-state index contributed by atoms with van der Waals surface area (Å²) in [6.07, 6.45) is 0.675. The summed E-state index contributed by atoms with van der Waals surface area (Å²) >= 11 is 1.41. The summed E-state index contributed by atoms with van der Waals surface area (Å²) in [5.74, 6) is 0.478. The van der Waals surface area contributed by atoms with Crippen molar-refractivity contribution in [3.63, 3.8) is 0 Å². The van der Waals surface area contributed by atoms with Crippen molar-refractivity contribution in [3.8, 4) is 0 Å². The molecule has 0 aromatic rings. The van der Waals surface area contributed by atoms with E-state index in [-0.39, 0.29) is 23.8 Å². The number of carbonyl (C=O) groups is 2. The van der Waals surface area contributed by atoms with Gasteiger partial charge in [0.15, 0.2) is 11.0 Å². The average molecular weight is 216 g/mol. The van der Waals surface area contributed by atoms with Crippen LogP contribution in [0.15, 0.2) is 0 Å². The van der Waals surface area contributed by atoms with Crippen molar-refractivity contribution in [2.75, 3.05) is 5.75 Å². The van der Waals surface area contributed by atoms with Gasteiger partial charge in [0.1, 0.15) is 0 Å². The van der Waals surface area contributed by atoms with E-state index in [1.807, 2.05) is 6.92 Å². The fourth-order valence-corrected chi connectivity index (χ4v) is 2.76. The summed E-state index contributed by atoms with van der Waals surface area (Å²) in [6.45, 7) is 5.55. The van der Waals surface area contributed by atoms with Gasteiger partial charge in [-0.2, -0.15) is 0 Å². The molecule has 1 aliphatic rings. The van der Waals surface area contributed by atoms with Gasteiger partial charge in [-0.25, -0.2) is 0 Å². The number of esters is 1. The number of ketones is 1. The van der Waals surface area contributed by atoms with Gasteiger partial charge in [-0.05, 0) is 20.3 Å². The molecule has 0 amide bonds. The predicted molar refractivity (Wildman–Crippen MR) is 56.3 cm³/mol. The van der Waals surface area contributed by atoms with Crippen LogP contribution in [0.25, 0.3) is 0 Å². The zero-order valence-corrected chi connectivity index (χ0v) is 9.60. The number of rotatable bonds is 3. The van der Waals surface area contributed by atoms with E-state index in [0.717, 1.165) is 12.2 Å². The monoisotopic (exact) mass is 216 g/mol. The molecule has 4 heteroatoms. The molecule has 0 spiro atoms. The maximum Gasteiger partial charge on any atom is 0.326 e. The molecule has 1 rings (SSSR count). The highest BCUT2D eigenvalue weighted by molar-refractivity contribution is 8.01. The first kappa shape index (κ1) is 11.6. The molecule has 0 saturated carbocycles. The van der Waals surface area contributed by atoms with E-state index in [4.69, 9.17) is 4.74 Å². The molecule has 1 heterocycles. The molecule has 1 fully saturated rings. The molecular weight excluding hydrogens is 200 g/mol. The van der Waals surface area contributed by atoms with Crippen LogP contribution in [0.1, 0.15) is 27.2 Å². The molecule has 3 nitrogen and oxygen atoms in total. The van der Waals surface area contributed by atoms with E-state index >= 15 is 0 Å². The van der Waals surface area contributed by atoms with Crippen molar-refractivity contribution in [3.05, 3.63) is 0 Å². The molecule has 1 aliphatic heterocycles. The van der Waals surface area contributed by atoms with Crippen LogP contribution < -0.4 is 0 Å². The van der Waals surface area contributed by atoms with Crippen molar-refractivity contribution >= 4 is 23.5 Å². The Labute approximate surface area is 88.6 Å². The molecule has 2 unspecified atom stereocenters. The van der Waals surface area contributed by atoms with Crippen LogP contribution in [0.4, 0.5) is 0 Å². The summed E-state index contributed by atoms with van der Waals surface area (Å²) in [5.41, 5.74) is 0. The second kappa shape index (κ2) is 4.82. The van der Waals surface area contributed by atoms with Gasteiger partial charge >= 0.3 is 5.97 Å². The lowest BCUT2D eigenvalue weighted by molar-refractivity contribution is -0.148. The van der Waals surface area contributed by atoms with Crippen molar-refractivity contribution < 1.29 is 14.3 Å². The zero-order valence-electron chi connectivity index (χ0n) is 8.78. The largest absolute Gasteiger partial charge is 0.462 e. The lowest BCUT2D eigenvalue weighted by Crippen LogP contribution is -2.29. The average Bonchev–Trinajstić information content (AvgIpc) is 2.45. The Morgan fingerprint density at radius 1 is 1.64 bits per heavy atom. The third-order valence-corrected chi connectivity index (χ3v) is 3.54. The Balaban J connectivity index is 2.54. The first-order valence-electron chi connectivity index (χ1n) is 4.92. The van der Waals surface area contributed by atoms with Gasteiger partial charge in [0.2, 0.25) is 0 Å². The Hall–Kier alpha value is -0.510. The van der Waals surface area contributed by atoms with Gasteiger partial charge in [-0.3, -0.25) is 9.59 Å². The topological polar surface area (TPSA) is 43.4 Å². The SMILES string of the molecule is CCC1CSC(C(=O)OC(C)C)C1=O. The van der Waals surface area contributed by atoms with Gasteiger partial charge in [0.25, 0.3) is 0 Å². The Bertz CT molecular complexity index is 238. The fraction of sp³-hybridized carbons (Fsp3) is 0.800. The first-order chi connectivity index (χ1) is 6.56. The Kier molecular flexibility index (Phi) is 3.98. The van der Waals surface area contributed by atoms with Gasteiger partial charge in [0.05, 0.1) is 6.10 Å². The highest BCUT2D eigenvalue weighted by Crippen LogP contribution is 2.30. The Morgan fingerprint density at radius 2 is 2.29 bits per heavy atom. The van der Waals surface area contributed by atoms with Crippen molar-refractivity contribution in [1.29, 1.82) is 0 Å². The molecule has 0 aliphatic carbocycles. The van der Waals surface area contributed by atoms with Gasteiger partial charge < -0.3 is 4.74 Å². The normalized spacial score (nSPS) is 27.0. The van der Waals surface area contributed by atoms with Crippen LogP contribution in [0.3, 0.4) is 0 Å². The third kappa shape index (κ3) is 2.50. The van der Waals surface area contributed by atoms with E-state index in [2.05, 4.69) is 0 Å². The van der Waals surface area contributed by atoms with Crippen molar-refractivity contribution in [2.45, 2.75) is 38.5 Å². The minimum atomic E-state index is -0.567. The molecule has 14 heavy (non-hydrogen) atoms. The summed E-state index contributed by atoms with van der Waals surface area (Å²) in [4.78, 5) is 23.1. The number of Topliss-reactive ketones (excluding diaryl/α,β-unsaturated/α-hetero) is 1. The van der Waals surface area contributed by atoms with Crippen LogP contribution in [0.5, 0.6) is 0 Å². The molecule has 2 atom stereocenters. The number of thioether (sulfide) groups is 1. The maximum atomic E-state index is 11.6. The van der Waals surface area contributed by atoms with Crippen LogP contribution >= 0.6 is 11.8 Å². The predicted octanol–water partition coefficient (Wildman–Crippen LogP) is 1.65. The minimum absolute atomic E-state index is 0.0446. The Morgan fingerprint density at radius 3 is 2.71 bits per heavy atom. The van der Waals surface area contributed by atoms with E-state index in [9.17, 15) is 9.59 Å². The lowest BCUT2D eigenvalue weighted by atomic mass is 10.0. The summed E-state index contributed by atoms with van der Waals surface area (Å²) in [7, 11) is 0. The highest BCUT2D eigenvalue weighted by atomic mass is 32.2. The molecular formula is C10H16O3S. The summed E-state index contributed by atoms with van der Waals surface area (Å²) in [6, 6.07) is 0. The van der Waals surface area contributed by atoms with Gasteiger partial charge in [0, 0.05) is 11.7 Å². The molecule has 0 N–H and O–H groups in total. The van der Waals surface area contributed by atoms with Crippen LogP contribution in [0, 0.1) is 5.92 Å². The molecule has 0 aromatic carbocycles. The molecule has 1 saturated heterocycles. The van der Waals surface area contributed by atoms with Gasteiger partial charge in [-0.1, -0.05) is 6.92 Å². The minimum Gasteiger partial charge on any atom is -0.462 e. The van der Waals surface area contributed by atoms with Crippen LogP contribution in [-0.4, -0.2) is 28.9 Å². The fourth-order valence-electron chi connectivity index (χ4n) is 1.39. The summed E-state index contributed by atoms with van der Waals surface area (Å²) in [5, 5.41) is -0.567. The summed E-state index contributed by atoms with van der Waals surface area (Å²) < 4.78 is 5.02.